The van der Waals surface area contributed by atoms with Gasteiger partial charge in [0.05, 0.1) is 18.8 Å². The maximum absolute atomic E-state index is 12.6. The highest BCUT2D eigenvalue weighted by atomic mass is 16.3. The number of nitrogens with one attached hydrogen (secondary N) is 1. The van der Waals surface area contributed by atoms with E-state index in [0.717, 1.165) is 38.5 Å². The molecule has 366 valence electrons. The standard InChI is InChI=1S/C56H107NO5/c1-3-5-7-9-11-13-15-17-19-21-23-25-26-27-28-30-32-34-36-38-40-42-44-46-48-50-54(60)56(62)57-52(51-58)55(61)53(59)49-47-45-43-41-39-37-35-33-31-29-24-22-20-18-16-14-12-10-8-6-4-2/h27-28,33,35,41,43,52-55,58-61H,3-26,29-32,34,36-40,42,44-51H2,1-2H3,(H,57,62)/b28-27-,35-33+,43-41+. The second-order valence-electron chi connectivity index (χ2n) is 18.9. The fourth-order valence-electron chi connectivity index (χ4n) is 8.48. The fourth-order valence-corrected chi connectivity index (χ4v) is 8.48. The number of hydrogen-bond acceptors (Lipinski definition) is 5. The molecule has 6 nitrogen and oxygen atoms in total. The minimum Gasteiger partial charge on any atom is -0.394 e. The minimum absolute atomic E-state index is 0.358. The summed E-state index contributed by atoms with van der Waals surface area (Å²) in [5.41, 5.74) is 0. The van der Waals surface area contributed by atoms with Crippen molar-refractivity contribution in [2.75, 3.05) is 6.61 Å². The highest BCUT2D eigenvalue weighted by Crippen LogP contribution is 2.17. The number of unbranched alkanes of at least 4 members (excludes halogenated alkanes) is 35. The summed E-state index contributed by atoms with van der Waals surface area (Å²) in [4.78, 5) is 12.6. The van der Waals surface area contributed by atoms with Crippen LogP contribution in [0, 0.1) is 0 Å². The van der Waals surface area contributed by atoms with Gasteiger partial charge in [-0.1, -0.05) is 243 Å². The summed E-state index contributed by atoms with van der Waals surface area (Å²) >= 11 is 0. The lowest BCUT2D eigenvalue weighted by molar-refractivity contribution is -0.132. The first-order chi connectivity index (χ1) is 30.5. The zero-order valence-electron chi connectivity index (χ0n) is 41.4. The van der Waals surface area contributed by atoms with Gasteiger partial charge >= 0.3 is 0 Å². The molecule has 0 aliphatic carbocycles. The number of amides is 1. The first-order valence-electron chi connectivity index (χ1n) is 27.4. The zero-order valence-corrected chi connectivity index (χ0v) is 41.4. The van der Waals surface area contributed by atoms with Crippen molar-refractivity contribution >= 4 is 5.91 Å². The Kier molecular flexibility index (Phi) is 49.3. The number of allylic oxidation sites excluding steroid dienone is 6. The Labute approximate surface area is 386 Å². The number of hydrogen-bond donors (Lipinski definition) is 5. The van der Waals surface area contributed by atoms with E-state index in [1.165, 1.54) is 212 Å². The first kappa shape index (κ1) is 60.5. The van der Waals surface area contributed by atoms with Crippen molar-refractivity contribution in [1.82, 2.24) is 5.32 Å². The smallest absolute Gasteiger partial charge is 0.249 e. The largest absolute Gasteiger partial charge is 0.394 e. The maximum Gasteiger partial charge on any atom is 0.249 e. The molecule has 0 aromatic rings. The summed E-state index contributed by atoms with van der Waals surface area (Å²) in [6, 6.07) is -1.01. The van der Waals surface area contributed by atoms with Crippen molar-refractivity contribution in [3.8, 4) is 0 Å². The predicted molar refractivity (Wildman–Crippen MR) is 270 cm³/mol. The van der Waals surface area contributed by atoms with Gasteiger partial charge in [-0.05, 0) is 77.0 Å². The number of aliphatic hydroxyl groups is 4. The van der Waals surface area contributed by atoms with Crippen LogP contribution in [0.5, 0.6) is 0 Å². The molecular formula is C56H107NO5. The van der Waals surface area contributed by atoms with Crippen molar-refractivity contribution in [1.29, 1.82) is 0 Å². The van der Waals surface area contributed by atoms with E-state index in [1.807, 2.05) is 0 Å². The third-order valence-corrected chi connectivity index (χ3v) is 12.8. The molecule has 0 spiro atoms. The molecular weight excluding hydrogens is 767 g/mol. The van der Waals surface area contributed by atoms with Gasteiger partial charge in [0, 0.05) is 0 Å². The van der Waals surface area contributed by atoms with Crippen LogP contribution in [0.25, 0.3) is 0 Å². The summed E-state index contributed by atoms with van der Waals surface area (Å²) in [6.07, 6.45) is 62.1. The summed E-state index contributed by atoms with van der Waals surface area (Å²) in [6.45, 7) is 4.06. The van der Waals surface area contributed by atoms with E-state index in [0.29, 0.717) is 19.3 Å². The van der Waals surface area contributed by atoms with Crippen LogP contribution < -0.4 is 5.32 Å². The molecule has 0 bridgehead atoms. The normalized spacial score (nSPS) is 14.1. The third-order valence-electron chi connectivity index (χ3n) is 12.8. The van der Waals surface area contributed by atoms with Gasteiger partial charge in [-0.2, -0.15) is 0 Å². The molecule has 6 heteroatoms. The fraction of sp³-hybridized carbons (Fsp3) is 0.875. The Balaban J connectivity index is 3.70. The van der Waals surface area contributed by atoms with Crippen LogP contribution in [0.15, 0.2) is 36.5 Å². The number of rotatable bonds is 50. The average Bonchev–Trinajstić information content (AvgIpc) is 3.28. The van der Waals surface area contributed by atoms with Gasteiger partial charge in [0.2, 0.25) is 5.91 Å². The van der Waals surface area contributed by atoms with E-state index in [-0.39, 0.29) is 0 Å². The van der Waals surface area contributed by atoms with Gasteiger partial charge in [0.1, 0.15) is 12.2 Å². The predicted octanol–water partition coefficient (Wildman–Crippen LogP) is 15.6. The zero-order chi connectivity index (χ0) is 45.2. The molecule has 0 aromatic heterocycles. The van der Waals surface area contributed by atoms with Crippen molar-refractivity contribution in [3.63, 3.8) is 0 Å². The van der Waals surface area contributed by atoms with E-state index in [4.69, 9.17) is 0 Å². The number of aliphatic hydroxyl groups excluding tert-OH is 4. The molecule has 5 N–H and O–H groups in total. The van der Waals surface area contributed by atoms with Gasteiger partial charge in [0.15, 0.2) is 0 Å². The minimum atomic E-state index is -1.29. The highest BCUT2D eigenvalue weighted by Gasteiger charge is 2.28. The molecule has 62 heavy (non-hydrogen) atoms. The third kappa shape index (κ3) is 43.8. The van der Waals surface area contributed by atoms with Gasteiger partial charge in [-0.3, -0.25) is 4.79 Å². The summed E-state index contributed by atoms with van der Waals surface area (Å²) in [5.74, 6) is -0.597. The average molecular weight is 874 g/mol. The van der Waals surface area contributed by atoms with Crippen LogP contribution in [0.2, 0.25) is 0 Å². The topological polar surface area (TPSA) is 110 Å². The Morgan fingerprint density at radius 3 is 1.02 bits per heavy atom. The molecule has 0 heterocycles. The SMILES string of the molecule is CCCCCCCCCCCCCC/C=C\CCCCCCCCCCCC(O)C(=O)NC(CO)C(O)C(O)CCC/C=C/CC/C=C/CCCCCCCCCCCCCC. The van der Waals surface area contributed by atoms with E-state index < -0.39 is 36.9 Å². The Hall–Kier alpha value is -1.47. The number of carbonyl (C=O) groups excluding carboxylic acids is 1. The van der Waals surface area contributed by atoms with Crippen LogP contribution in [0.1, 0.15) is 284 Å². The van der Waals surface area contributed by atoms with Gasteiger partial charge in [-0.15, -0.1) is 0 Å². The van der Waals surface area contributed by atoms with Crippen LogP contribution in [0.3, 0.4) is 0 Å². The first-order valence-corrected chi connectivity index (χ1v) is 27.4. The monoisotopic (exact) mass is 874 g/mol. The Bertz CT molecular complexity index is 981. The highest BCUT2D eigenvalue weighted by molar-refractivity contribution is 5.80. The van der Waals surface area contributed by atoms with Crippen LogP contribution in [-0.2, 0) is 4.79 Å². The molecule has 0 saturated carbocycles. The van der Waals surface area contributed by atoms with Crippen LogP contribution >= 0.6 is 0 Å². The maximum atomic E-state index is 12.6. The molecule has 0 fully saturated rings. The summed E-state index contributed by atoms with van der Waals surface area (Å²) in [7, 11) is 0. The van der Waals surface area contributed by atoms with Crippen molar-refractivity contribution in [2.45, 2.75) is 308 Å². The second-order valence-corrected chi connectivity index (χ2v) is 18.9. The quantitative estimate of drug-likeness (QED) is 0.0309. The van der Waals surface area contributed by atoms with Crippen LogP contribution in [0.4, 0.5) is 0 Å². The molecule has 4 atom stereocenters. The molecule has 0 aliphatic heterocycles. The van der Waals surface area contributed by atoms with E-state index >= 15 is 0 Å². The summed E-state index contributed by atoms with van der Waals surface area (Å²) < 4.78 is 0. The van der Waals surface area contributed by atoms with Gasteiger partial charge in [0.25, 0.3) is 0 Å². The van der Waals surface area contributed by atoms with Gasteiger partial charge < -0.3 is 25.7 Å². The lowest BCUT2D eigenvalue weighted by atomic mass is 10.00. The lowest BCUT2D eigenvalue weighted by Crippen LogP contribution is -2.53. The van der Waals surface area contributed by atoms with E-state index in [2.05, 4.69) is 55.6 Å². The second kappa shape index (κ2) is 50.5. The Morgan fingerprint density at radius 2 is 0.677 bits per heavy atom. The molecule has 4 unspecified atom stereocenters. The van der Waals surface area contributed by atoms with Crippen molar-refractivity contribution < 1.29 is 25.2 Å². The van der Waals surface area contributed by atoms with Crippen molar-refractivity contribution in [2.24, 2.45) is 0 Å². The van der Waals surface area contributed by atoms with Crippen LogP contribution in [-0.4, -0.2) is 57.3 Å². The molecule has 0 saturated heterocycles. The van der Waals surface area contributed by atoms with E-state index in [9.17, 15) is 25.2 Å². The Morgan fingerprint density at radius 1 is 0.387 bits per heavy atom. The number of carbonyl (C=O) groups is 1. The van der Waals surface area contributed by atoms with Gasteiger partial charge in [-0.25, -0.2) is 0 Å². The molecule has 0 radical (unpaired) electrons. The molecule has 0 rings (SSSR count). The van der Waals surface area contributed by atoms with E-state index in [1.54, 1.807) is 0 Å². The lowest BCUT2D eigenvalue weighted by Gasteiger charge is -2.27. The molecule has 0 aliphatic rings. The van der Waals surface area contributed by atoms with Crippen molar-refractivity contribution in [3.05, 3.63) is 36.5 Å². The molecule has 0 aromatic carbocycles. The molecule has 1 amide bonds. The summed E-state index contributed by atoms with van der Waals surface area (Å²) in [5, 5.41) is 43.9.